The Bertz CT molecular complexity index is 364. The fourth-order valence-electron chi connectivity index (χ4n) is 1.12. The molecule has 16 heavy (non-hydrogen) atoms. The SMILES string of the molecule is C=CCCNC(=O)COc1cccc(N)c1. The molecule has 0 heterocycles. The molecule has 1 amide bonds. The van der Waals surface area contributed by atoms with Gasteiger partial charge in [-0.1, -0.05) is 12.1 Å². The van der Waals surface area contributed by atoms with Crippen molar-refractivity contribution < 1.29 is 9.53 Å². The van der Waals surface area contributed by atoms with E-state index in [0.29, 0.717) is 18.0 Å². The number of anilines is 1. The number of rotatable bonds is 6. The molecule has 0 aliphatic rings. The average Bonchev–Trinajstić information content (AvgIpc) is 2.27. The van der Waals surface area contributed by atoms with Crippen LogP contribution < -0.4 is 15.8 Å². The maximum absolute atomic E-state index is 11.3. The number of hydrogen-bond donors (Lipinski definition) is 2. The summed E-state index contributed by atoms with van der Waals surface area (Å²) in [4.78, 5) is 11.3. The summed E-state index contributed by atoms with van der Waals surface area (Å²) in [5.74, 6) is 0.447. The van der Waals surface area contributed by atoms with Crippen molar-refractivity contribution in [3.63, 3.8) is 0 Å². The van der Waals surface area contributed by atoms with Crippen molar-refractivity contribution in [3.8, 4) is 5.75 Å². The maximum Gasteiger partial charge on any atom is 0.257 e. The molecule has 0 spiro atoms. The number of benzene rings is 1. The van der Waals surface area contributed by atoms with Crippen molar-refractivity contribution in [2.75, 3.05) is 18.9 Å². The molecule has 1 rings (SSSR count). The number of hydrogen-bond acceptors (Lipinski definition) is 3. The Morgan fingerprint density at radius 3 is 3.06 bits per heavy atom. The lowest BCUT2D eigenvalue weighted by molar-refractivity contribution is -0.123. The van der Waals surface area contributed by atoms with Gasteiger partial charge in [0.15, 0.2) is 6.61 Å². The number of nitrogens with one attached hydrogen (secondary N) is 1. The van der Waals surface area contributed by atoms with Gasteiger partial charge in [-0.15, -0.1) is 6.58 Å². The summed E-state index contributed by atoms with van der Waals surface area (Å²) in [7, 11) is 0. The zero-order valence-corrected chi connectivity index (χ0v) is 9.11. The molecule has 0 bridgehead atoms. The number of carbonyl (C=O) groups is 1. The zero-order chi connectivity index (χ0) is 11.8. The van der Waals surface area contributed by atoms with E-state index in [0.717, 1.165) is 6.42 Å². The number of nitrogen functional groups attached to an aromatic ring is 1. The number of ether oxygens (including phenoxy) is 1. The van der Waals surface area contributed by atoms with Gasteiger partial charge in [0.1, 0.15) is 5.75 Å². The highest BCUT2D eigenvalue weighted by Crippen LogP contribution is 2.13. The average molecular weight is 220 g/mol. The van der Waals surface area contributed by atoms with Gasteiger partial charge in [0, 0.05) is 18.3 Å². The minimum Gasteiger partial charge on any atom is -0.484 e. The standard InChI is InChI=1S/C12H16N2O2/c1-2-3-7-14-12(15)9-16-11-6-4-5-10(13)8-11/h2,4-6,8H,1,3,7,9,13H2,(H,14,15). The van der Waals surface area contributed by atoms with Gasteiger partial charge < -0.3 is 15.8 Å². The van der Waals surface area contributed by atoms with Crippen LogP contribution in [-0.2, 0) is 4.79 Å². The smallest absolute Gasteiger partial charge is 0.257 e. The summed E-state index contributed by atoms with van der Waals surface area (Å²) in [6.07, 6.45) is 2.50. The third-order valence-electron chi connectivity index (χ3n) is 1.90. The summed E-state index contributed by atoms with van der Waals surface area (Å²) < 4.78 is 5.26. The topological polar surface area (TPSA) is 64.3 Å². The molecule has 0 aromatic heterocycles. The molecule has 0 saturated heterocycles. The minimum atomic E-state index is -0.149. The Balaban J connectivity index is 2.28. The molecule has 4 heteroatoms. The zero-order valence-electron chi connectivity index (χ0n) is 9.11. The number of carbonyl (C=O) groups excluding carboxylic acids is 1. The fourth-order valence-corrected chi connectivity index (χ4v) is 1.12. The summed E-state index contributed by atoms with van der Waals surface area (Å²) in [5.41, 5.74) is 6.19. The second kappa shape index (κ2) is 6.50. The van der Waals surface area contributed by atoms with Crippen LogP contribution in [0.15, 0.2) is 36.9 Å². The van der Waals surface area contributed by atoms with Crippen LogP contribution in [0.5, 0.6) is 5.75 Å². The molecule has 0 radical (unpaired) electrons. The van der Waals surface area contributed by atoms with Crippen LogP contribution in [0.3, 0.4) is 0 Å². The van der Waals surface area contributed by atoms with Crippen molar-refractivity contribution in [1.82, 2.24) is 5.32 Å². The molecule has 1 aromatic carbocycles. The maximum atomic E-state index is 11.3. The van der Waals surface area contributed by atoms with Crippen molar-refractivity contribution in [2.45, 2.75) is 6.42 Å². The minimum absolute atomic E-state index is 0.000591. The highest BCUT2D eigenvalue weighted by atomic mass is 16.5. The Morgan fingerprint density at radius 2 is 2.38 bits per heavy atom. The van der Waals surface area contributed by atoms with Gasteiger partial charge in [0.2, 0.25) is 0 Å². The molecule has 0 saturated carbocycles. The van der Waals surface area contributed by atoms with E-state index in [-0.39, 0.29) is 12.5 Å². The molecule has 4 nitrogen and oxygen atoms in total. The first kappa shape index (κ1) is 12.1. The quantitative estimate of drug-likeness (QED) is 0.432. The third kappa shape index (κ3) is 4.50. The number of nitrogens with two attached hydrogens (primary N) is 1. The van der Waals surface area contributed by atoms with Gasteiger partial charge in [-0.3, -0.25) is 4.79 Å². The van der Waals surface area contributed by atoms with Gasteiger partial charge in [0.25, 0.3) is 5.91 Å². The van der Waals surface area contributed by atoms with E-state index >= 15 is 0 Å². The van der Waals surface area contributed by atoms with E-state index < -0.39 is 0 Å². The molecule has 0 aliphatic carbocycles. The van der Waals surface area contributed by atoms with E-state index in [4.69, 9.17) is 10.5 Å². The predicted octanol–water partition coefficient (Wildman–Crippen LogP) is 1.34. The van der Waals surface area contributed by atoms with Crippen LogP contribution in [-0.4, -0.2) is 19.1 Å². The lowest BCUT2D eigenvalue weighted by atomic mass is 10.3. The van der Waals surface area contributed by atoms with E-state index in [1.165, 1.54) is 0 Å². The molecule has 0 fully saturated rings. The predicted molar refractivity (Wildman–Crippen MR) is 64.2 cm³/mol. The van der Waals surface area contributed by atoms with Crippen LogP contribution >= 0.6 is 0 Å². The van der Waals surface area contributed by atoms with Gasteiger partial charge in [-0.25, -0.2) is 0 Å². The van der Waals surface area contributed by atoms with E-state index in [2.05, 4.69) is 11.9 Å². The molecule has 1 aromatic rings. The van der Waals surface area contributed by atoms with Crippen molar-refractivity contribution in [1.29, 1.82) is 0 Å². The molecule has 0 unspecified atom stereocenters. The number of amides is 1. The third-order valence-corrected chi connectivity index (χ3v) is 1.90. The highest BCUT2D eigenvalue weighted by Gasteiger charge is 2.01. The van der Waals surface area contributed by atoms with Crippen LogP contribution in [0.4, 0.5) is 5.69 Å². The normalized spacial score (nSPS) is 9.50. The summed E-state index contributed by atoms with van der Waals surface area (Å²) in [6.45, 7) is 4.15. The molecule has 0 atom stereocenters. The van der Waals surface area contributed by atoms with Crippen LogP contribution in [0.2, 0.25) is 0 Å². The monoisotopic (exact) mass is 220 g/mol. The first-order valence-corrected chi connectivity index (χ1v) is 5.08. The Morgan fingerprint density at radius 1 is 1.56 bits per heavy atom. The molecular weight excluding hydrogens is 204 g/mol. The van der Waals surface area contributed by atoms with Gasteiger partial charge in [0.05, 0.1) is 0 Å². The van der Waals surface area contributed by atoms with Crippen LogP contribution in [0, 0.1) is 0 Å². The van der Waals surface area contributed by atoms with Crippen molar-refractivity contribution in [2.24, 2.45) is 0 Å². The molecular formula is C12H16N2O2. The highest BCUT2D eigenvalue weighted by molar-refractivity contribution is 5.77. The Kier molecular flexibility index (Phi) is 4.92. The summed E-state index contributed by atoms with van der Waals surface area (Å²) in [6, 6.07) is 6.97. The van der Waals surface area contributed by atoms with E-state index in [1.54, 1.807) is 30.3 Å². The van der Waals surface area contributed by atoms with Gasteiger partial charge >= 0.3 is 0 Å². The Hall–Kier alpha value is -1.97. The second-order valence-electron chi connectivity index (χ2n) is 3.29. The van der Waals surface area contributed by atoms with Crippen molar-refractivity contribution >= 4 is 11.6 Å². The summed E-state index contributed by atoms with van der Waals surface area (Å²) in [5, 5.41) is 2.70. The van der Waals surface area contributed by atoms with Gasteiger partial charge in [-0.2, -0.15) is 0 Å². The largest absolute Gasteiger partial charge is 0.484 e. The van der Waals surface area contributed by atoms with E-state index in [1.807, 2.05) is 0 Å². The molecule has 86 valence electrons. The van der Waals surface area contributed by atoms with Crippen LogP contribution in [0.25, 0.3) is 0 Å². The first-order chi connectivity index (χ1) is 7.72. The Labute approximate surface area is 95.1 Å². The van der Waals surface area contributed by atoms with E-state index in [9.17, 15) is 4.79 Å². The molecule has 0 aliphatic heterocycles. The molecule has 3 N–H and O–H groups in total. The van der Waals surface area contributed by atoms with Crippen LogP contribution in [0.1, 0.15) is 6.42 Å². The first-order valence-electron chi connectivity index (χ1n) is 5.08. The van der Waals surface area contributed by atoms with Gasteiger partial charge in [-0.05, 0) is 18.6 Å². The lowest BCUT2D eigenvalue weighted by Crippen LogP contribution is -2.29. The lowest BCUT2D eigenvalue weighted by Gasteiger charge is -2.06. The fraction of sp³-hybridized carbons (Fsp3) is 0.250. The second-order valence-corrected chi connectivity index (χ2v) is 3.29. The van der Waals surface area contributed by atoms with Crippen molar-refractivity contribution in [3.05, 3.63) is 36.9 Å². The summed E-state index contributed by atoms with van der Waals surface area (Å²) >= 11 is 0.